The number of rotatable bonds is 2. The molecule has 0 bridgehead atoms. The summed E-state index contributed by atoms with van der Waals surface area (Å²) in [5.74, 6) is 0.678. The number of nitrogens with zero attached hydrogens (tertiary/aromatic N) is 6. The van der Waals surface area contributed by atoms with Crippen molar-refractivity contribution in [3.63, 3.8) is 0 Å². The molecule has 6 heteroatoms. The van der Waals surface area contributed by atoms with Gasteiger partial charge in [0.2, 0.25) is 0 Å². The molecule has 13 heavy (non-hydrogen) atoms. The Labute approximate surface area is 74.6 Å². The molecule has 2 aromatic rings. The summed E-state index contributed by atoms with van der Waals surface area (Å²) in [6.07, 6.45) is 5.59. The van der Waals surface area contributed by atoms with E-state index in [9.17, 15) is 0 Å². The van der Waals surface area contributed by atoms with Crippen LogP contribution in [0.5, 0.6) is 0 Å². The Bertz CT molecular complexity index is 381. The van der Waals surface area contributed by atoms with E-state index in [1.807, 2.05) is 0 Å². The van der Waals surface area contributed by atoms with E-state index in [4.69, 9.17) is 0 Å². The van der Waals surface area contributed by atoms with Gasteiger partial charge in [-0.25, -0.2) is 9.97 Å². The third-order valence-corrected chi connectivity index (χ3v) is 1.53. The zero-order valence-corrected chi connectivity index (χ0v) is 7.12. The van der Waals surface area contributed by atoms with Gasteiger partial charge in [0, 0.05) is 18.8 Å². The topological polar surface area (TPSA) is 69.4 Å². The summed E-state index contributed by atoms with van der Waals surface area (Å²) in [6.45, 7) is 0. The van der Waals surface area contributed by atoms with Crippen LogP contribution in [0.3, 0.4) is 0 Å². The van der Waals surface area contributed by atoms with Crippen LogP contribution in [0.15, 0.2) is 18.7 Å². The molecule has 0 radical (unpaired) electrons. The summed E-state index contributed by atoms with van der Waals surface area (Å²) in [7, 11) is 1.73. The van der Waals surface area contributed by atoms with E-state index in [1.165, 1.54) is 11.1 Å². The lowest BCUT2D eigenvalue weighted by molar-refractivity contribution is 0.628. The smallest absolute Gasteiger partial charge is 0.179 e. The van der Waals surface area contributed by atoms with Gasteiger partial charge in [-0.15, -0.1) is 10.2 Å². The molecule has 0 atom stereocenters. The highest BCUT2D eigenvalue weighted by Gasteiger charge is 2.01. The standard InChI is InChI=1S/C7H8N6/c1-13-11-7(10-12-13)2-6-3-8-5-9-4-6/h3-5H,2H2,1H3. The Morgan fingerprint density at radius 2 is 2.08 bits per heavy atom. The van der Waals surface area contributed by atoms with Gasteiger partial charge in [-0.1, -0.05) is 0 Å². The first-order chi connectivity index (χ1) is 6.34. The van der Waals surface area contributed by atoms with E-state index < -0.39 is 0 Å². The van der Waals surface area contributed by atoms with Crippen LogP contribution in [0.4, 0.5) is 0 Å². The summed E-state index contributed by atoms with van der Waals surface area (Å²) in [4.78, 5) is 9.22. The first-order valence-corrected chi connectivity index (χ1v) is 3.81. The predicted molar refractivity (Wildman–Crippen MR) is 43.6 cm³/mol. The molecule has 0 spiro atoms. The third kappa shape index (κ3) is 1.84. The summed E-state index contributed by atoms with van der Waals surface area (Å²) < 4.78 is 0. The van der Waals surface area contributed by atoms with Gasteiger partial charge in [-0.2, -0.15) is 4.80 Å². The maximum Gasteiger partial charge on any atom is 0.179 e. The second-order valence-electron chi connectivity index (χ2n) is 2.62. The van der Waals surface area contributed by atoms with Crippen molar-refractivity contribution in [2.75, 3.05) is 0 Å². The first-order valence-electron chi connectivity index (χ1n) is 3.81. The maximum absolute atomic E-state index is 4.04. The maximum atomic E-state index is 4.04. The predicted octanol–water partition coefficient (Wildman–Crippen LogP) is -0.409. The Balaban J connectivity index is 2.15. The van der Waals surface area contributed by atoms with Crippen LogP contribution in [0, 0.1) is 0 Å². The van der Waals surface area contributed by atoms with Crippen molar-refractivity contribution in [2.45, 2.75) is 6.42 Å². The molecule has 0 aliphatic rings. The molecule has 0 N–H and O–H groups in total. The zero-order chi connectivity index (χ0) is 9.10. The number of aryl methyl sites for hydroxylation is 1. The Hall–Kier alpha value is -1.85. The summed E-state index contributed by atoms with van der Waals surface area (Å²) in [6, 6.07) is 0. The van der Waals surface area contributed by atoms with Crippen molar-refractivity contribution in [1.82, 2.24) is 30.2 Å². The van der Waals surface area contributed by atoms with Gasteiger partial charge in [0.05, 0.1) is 7.05 Å². The highest BCUT2D eigenvalue weighted by molar-refractivity contribution is 5.08. The normalized spacial score (nSPS) is 10.2. The quantitative estimate of drug-likeness (QED) is 0.622. The van der Waals surface area contributed by atoms with Crippen molar-refractivity contribution in [2.24, 2.45) is 7.05 Å². The molecule has 66 valence electrons. The van der Waals surface area contributed by atoms with E-state index in [0.717, 1.165) is 5.56 Å². The lowest BCUT2D eigenvalue weighted by atomic mass is 10.2. The van der Waals surface area contributed by atoms with Gasteiger partial charge in [0.15, 0.2) is 5.82 Å². The fraction of sp³-hybridized carbons (Fsp3) is 0.286. The molecule has 0 aromatic carbocycles. The fourth-order valence-corrected chi connectivity index (χ4v) is 0.998. The van der Waals surface area contributed by atoms with E-state index in [1.54, 1.807) is 19.4 Å². The summed E-state index contributed by atoms with van der Waals surface area (Å²) in [5, 5.41) is 11.6. The molecule has 6 nitrogen and oxygen atoms in total. The highest BCUT2D eigenvalue weighted by atomic mass is 15.6. The van der Waals surface area contributed by atoms with Crippen LogP contribution in [-0.4, -0.2) is 30.2 Å². The van der Waals surface area contributed by atoms with Gasteiger partial charge >= 0.3 is 0 Å². The molecule has 0 amide bonds. The molecular weight excluding hydrogens is 168 g/mol. The summed E-state index contributed by atoms with van der Waals surface area (Å²) in [5.41, 5.74) is 0.982. The summed E-state index contributed by atoms with van der Waals surface area (Å²) >= 11 is 0. The fourth-order valence-electron chi connectivity index (χ4n) is 0.998. The van der Waals surface area contributed by atoms with Crippen molar-refractivity contribution in [1.29, 1.82) is 0 Å². The van der Waals surface area contributed by atoms with E-state index in [0.29, 0.717) is 12.2 Å². The monoisotopic (exact) mass is 176 g/mol. The van der Waals surface area contributed by atoms with Crippen LogP contribution in [0.1, 0.15) is 11.4 Å². The second-order valence-corrected chi connectivity index (χ2v) is 2.62. The molecule has 2 aromatic heterocycles. The van der Waals surface area contributed by atoms with Crippen LogP contribution in [-0.2, 0) is 13.5 Å². The molecule has 0 aliphatic carbocycles. The number of tetrazole rings is 1. The van der Waals surface area contributed by atoms with Crippen molar-refractivity contribution in [3.05, 3.63) is 30.1 Å². The minimum Gasteiger partial charge on any atom is -0.245 e. The van der Waals surface area contributed by atoms with E-state index in [-0.39, 0.29) is 0 Å². The zero-order valence-electron chi connectivity index (χ0n) is 7.12. The number of hydrogen-bond donors (Lipinski definition) is 0. The molecule has 2 heterocycles. The van der Waals surface area contributed by atoms with Crippen molar-refractivity contribution < 1.29 is 0 Å². The van der Waals surface area contributed by atoms with E-state index >= 15 is 0 Å². The highest BCUT2D eigenvalue weighted by Crippen LogP contribution is 1.99. The lowest BCUT2D eigenvalue weighted by Gasteiger charge is -1.92. The Morgan fingerprint density at radius 1 is 1.31 bits per heavy atom. The van der Waals surface area contributed by atoms with Crippen molar-refractivity contribution in [3.8, 4) is 0 Å². The van der Waals surface area contributed by atoms with Crippen LogP contribution >= 0.6 is 0 Å². The molecule has 0 saturated heterocycles. The SMILES string of the molecule is Cn1nnc(Cc2cncnc2)n1. The number of aromatic nitrogens is 6. The van der Waals surface area contributed by atoms with Crippen molar-refractivity contribution >= 4 is 0 Å². The minimum atomic E-state index is 0.620. The van der Waals surface area contributed by atoms with Gasteiger partial charge < -0.3 is 0 Å². The van der Waals surface area contributed by atoms with Crippen LogP contribution in [0.25, 0.3) is 0 Å². The second kappa shape index (κ2) is 3.26. The molecular formula is C7H8N6. The molecule has 0 aliphatic heterocycles. The molecule has 0 fully saturated rings. The van der Waals surface area contributed by atoms with Crippen LogP contribution in [0.2, 0.25) is 0 Å². The van der Waals surface area contributed by atoms with E-state index in [2.05, 4.69) is 25.4 Å². The van der Waals surface area contributed by atoms with Gasteiger partial charge in [-0.05, 0) is 10.8 Å². The average molecular weight is 176 g/mol. The first kappa shape index (κ1) is 7.78. The third-order valence-electron chi connectivity index (χ3n) is 1.53. The lowest BCUT2D eigenvalue weighted by Crippen LogP contribution is -1.95. The average Bonchev–Trinajstić information content (AvgIpc) is 2.53. The molecule has 2 rings (SSSR count). The van der Waals surface area contributed by atoms with Gasteiger partial charge in [0.25, 0.3) is 0 Å². The van der Waals surface area contributed by atoms with Gasteiger partial charge in [-0.3, -0.25) is 0 Å². The largest absolute Gasteiger partial charge is 0.245 e. The van der Waals surface area contributed by atoms with Gasteiger partial charge in [0.1, 0.15) is 6.33 Å². The Kier molecular flexibility index (Phi) is 1.95. The number of hydrogen-bond acceptors (Lipinski definition) is 5. The molecule has 0 unspecified atom stereocenters. The van der Waals surface area contributed by atoms with Crippen LogP contribution < -0.4 is 0 Å². The Morgan fingerprint density at radius 3 is 2.69 bits per heavy atom. The molecule has 0 saturated carbocycles. The minimum absolute atomic E-state index is 0.620.